The summed E-state index contributed by atoms with van der Waals surface area (Å²) in [5.74, 6) is 0. The van der Waals surface area contributed by atoms with E-state index in [4.69, 9.17) is 4.74 Å². The van der Waals surface area contributed by atoms with Crippen LogP contribution in [0.5, 0.6) is 0 Å². The molecule has 0 aliphatic carbocycles. The second kappa shape index (κ2) is 6.86. The number of ether oxygens (including phenoxy) is 1. The Balaban J connectivity index is 3.22. The zero-order chi connectivity index (χ0) is 14.5. The number of nitrogens with one attached hydrogen (secondary N) is 1. The molecule has 0 bridgehead atoms. The van der Waals surface area contributed by atoms with Gasteiger partial charge in [0.05, 0.1) is 17.7 Å². The van der Waals surface area contributed by atoms with Crippen LogP contribution in [-0.2, 0) is 10.9 Å². The third-order valence-corrected chi connectivity index (χ3v) is 2.99. The van der Waals surface area contributed by atoms with Gasteiger partial charge in [0.25, 0.3) is 0 Å². The Bertz CT molecular complexity index is 392. The molecule has 19 heavy (non-hydrogen) atoms. The maximum atomic E-state index is 13.0. The van der Waals surface area contributed by atoms with Gasteiger partial charge in [-0.2, -0.15) is 13.2 Å². The number of pyridine rings is 1. The number of rotatable bonds is 6. The molecular weight excluding hydrogens is 257 g/mol. The van der Waals surface area contributed by atoms with Crippen molar-refractivity contribution in [2.24, 2.45) is 0 Å². The van der Waals surface area contributed by atoms with E-state index in [9.17, 15) is 13.2 Å². The summed E-state index contributed by atoms with van der Waals surface area (Å²) in [6.07, 6.45) is -1.69. The molecule has 108 valence electrons. The van der Waals surface area contributed by atoms with Gasteiger partial charge in [0.15, 0.2) is 0 Å². The molecule has 0 aliphatic heterocycles. The molecule has 1 heterocycles. The van der Waals surface area contributed by atoms with Crippen LogP contribution in [0.15, 0.2) is 18.5 Å². The SMILES string of the molecule is CCNC(c1cnccc1C(F)(F)F)C(CC)OC. The zero-order valence-corrected chi connectivity index (χ0v) is 11.3. The van der Waals surface area contributed by atoms with E-state index in [1.807, 2.05) is 13.8 Å². The lowest BCUT2D eigenvalue weighted by Gasteiger charge is -2.28. The van der Waals surface area contributed by atoms with E-state index in [0.717, 1.165) is 12.3 Å². The van der Waals surface area contributed by atoms with Crippen molar-refractivity contribution in [3.05, 3.63) is 29.6 Å². The standard InChI is InChI=1S/C13H19F3N2O/c1-4-11(19-3)12(18-5-2)9-8-17-7-6-10(9)13(14,15)16/h6-8,11-12,18H,4-5H2,1-3H3. The van der Waals surface area contributed by atoms with E-state index in [0.29, 0.717) is 13.0 Å². The number of methoxy groups -OCH3 is 1. The monoisotopic (exact) mass is 276 g/mol. The van der Waals surface area contributed by atoms with Crippen LogP contribution in [0, 0.1) is 0 Å². The maximum absolute atomic E-state index is 13.0. The third kappa shape index (κ3) is 3.91. The molecule has 0 aliphatic rings. The van der Waals surface area contributed by atoms with Crippen LogP contribution in [0.4, 0.5) is 13.2 Å². The average molecular weight is 276 g/mol. The molecule has 1 aromatic heterocycles. The molecule has 2 atom stereocenters. The van der Waals surface area contributed by atoms with E-state index in [2.05, 4.69) is 10.3 Å². The number of aromatic nitrogens is 1. The number of alkyl halides is 3. The fourth-order valence-electron chi connectivity index (χ4n) is 2.11. The van der Waals surface area contributed by atoms with Gasteiger partial charge in [-0.05, 0) is 19.0 Å². The van der Waals surface area contributed by atoms with Gasteiger partial charge < -0.3 is 10.1 Å². The second-order valence-electron chi connectivity index (χ2n) is 4.18. The predicted molar refractivity (Wildman–Crippen MR) is 66.7 cm³/mol. The van der Waals surface area contributed by atoms with Crippen molar-refractivity contribution in [2.45, 2.75) is 38.6 Å². The van der Waals surface area contributed by atoms with Gasteiger partial charge in [0, 0.05) is 25.1 Å². The molecule has 2 unspecified atom stereocenters. The fourth-order valence-corrected chi connectivity index (χ4v) is 2.11. The number of hydrogen-bond acceptors (Lipinski definition) is 3. The quantitative estimate of drug-likeness (QED) is 0.866. The van der Waals surface area contributed by atoms with Crippen molar-refractivity contribution in [3.8, 4) is 0 Å². The van der Waals surface area contributed by atoms with Crippen LogP contribution >= 0.6 is 0 Å². The van der Waals surface area contributed by atoms with Crippen molar-refractivity contribution >= 4 is 0 Å². The summed E-state index contributed by atoms with van der Waals surface area (Å²) in [5, 5.41) is 3.05. The fraction of sp³-hybridized carbons (Fsp3) is 0.615. The number of halogens is 3. The predicted octanol–water partition coefficient (Wildman–Crippen LogP) is 3.18. The zero-order valence-electron chi connectivity index (χ0n) is 11.3. The highest BCUT2D eigenvalue weighted by Gasteiger charge is 2.36. The van der Waals surface area contributed by atoms with Crippen molar-refractivity contribution in [1.82, 2.24) is 10.3 Å². The largest absolute Gasteiger partial charge is 0.416 e. The summed E-state index contributed by atoms with van der Waals surface area (Å²) in [7, 11) is 1.50. The molecule has 0 saturated heterocycles. The topological polar surface area (TPSA) is 34.2 Å². The molecule has 0 aromatic carbocycles. The van der Waals surface area contributed by atoms with E-state index >= 15 is 0 Å². The van der Waals surface area contributed by atoms with Gasteiger partial charge in [-0.3, -0.25) is 4.98 Å². The lowest BCUT2D eigenvalue weighted by atomic mass is 9.96. The molecule has 0 amide bonds. The normalized spacial score (nSPS) is 15.3. The molecule has 1 N–H and O–H groups in total. The second-order valence-corrected chi connectivity index (χ2v) is 4.18. The first-order valence-corrected chi connectivity index (χ1v) is 6.22. The Morgan fingerprint density at radius 1 is 1.37 bits per heavy atom. The van der Waals surface area contributed by atoms with E-state index in [1.54, 1.807) is 0 Å². The number of likely N-dealkylation sites (N-methyl/N-ethyl adjacent to an activating group) is 1. The average Bonchev–Trinajstić information content (AvgIpc) is 2.38. The van der Waals surface area contributed by atoms with Gasteiger partial charge in [0.1, 0.15) is 0 Å². The number of hydrogen-bond donors (Lipinski definition) is 1. The molecule has 1 aromatic rings. The van der Waals surface area contributed by atoms with Gasteiger partial charge in [-0.15, -0.1) is 0 Å². The summed E-state index contributed by atoms with van der Waals surface area (Å²) in [6.45, 7) is 4.28. The van der Waals surface area contributed by atoms with E-state index in [1.165, 1.54) is 13.3 Å². The Kier molecular flexibility index (Phi) is 5.75. The van der Waals surface area contributed by atoms with E-state index < -0.39 is 17.8 Å². The van der Waals surface area contributed by atoms with Crippen LogP contribution in [0.1, 0.15) is 37.4 Å². The summed E-state index contributed by atoms with van der Waals surface area (Å²) in [6, 6.07) is 0.479. The van der Waals surface area contributed by atoms with Crippen molar-refractivity contribution < 1.29 is 17.9 Å². The Labute approximate surface area is 111 Å². The first-order valence-electron chi connectivity index (χ1n) is 6.22. The molecule has 0 spiro atoms. The van der Waals surface area contributed by atoms with Crippen molar-refractivity contribution in [3.63, 3.8) is 0 Å². The van der Waals surface area contributed by atoms with Gasteiger partial charge in [-0.25, -0.2) is 0 Å². The molecule has 1 rings (SSSR count). The maximum Gasteiger partial charge on any atom is 0.416 e. The molecular formula is C13H19F3N2O. The summed E-state index contributed by atoms with van der Waals surface area (Å²) >= 11 is 0. The highest BCUT2D eigenvalue weighted by atomic mass is 19.4. The lowest BCUT2D eigenvalue weighted by Crippen LogP contribution is -2.34. The van der Waals surface area contributed by atoms with Crippen molar-refractivity contribution in [2.75, 3.05) is 13.7 Å². The van der Waals surface area contributed by atoms with Crippen LogP contribution in [0.25, 0.3) is 0 Å². The highest BCUT2D eigenvalue weighted by Crippen LogP contribution is 2.35. The summed E-state index contributed by atoms with van der Waals surface area (Å²) in [4.78, 5) is 3.82. The third-order valence-electron chi connectivity index (χ3n) is 2.99. The van der Waals surface area contributed by atoms with Gasteiger partial charge in [0.2, 0.25) is 0 Å². The molecule has 3 nitrogen and oxygen atoms in total. The Hall–Kier alpha value is -1.14. The summed E-state index contributed by atoms with van der Waals surface area (Å²) < 4.78 is 44.4. The molecule has 0 saturated carbocycles. The summed E-state index contributed by atoms with van der Waals surface area (Å²) in [5.41, 5.74) is -0.533. The van der Waals surface area contributed by atoms with Crippen LogP contribution in [0.3, 0.4) is 0 Å². The molecule has 0 fully saturated rings. The van der Waals surface area contributed by atoms with E-state index in [-0.39, 0.29) is 11.7 Å². The minimum absolute atomic E-state index is 0.130. The Morgan fingerprint density at radius 2 is 2.05 bits per heavy atom. The molecule has 6 heteroatoms. The minimum atomic E-state index is -4.39. The lowest BCUT2D eigenvalue weighted by molar-refractivity contribution is -0.138. The van der Waals surface area contributed by atoms with Gasteiger partial charge in [-0.1, -0.05) is 13.8 Å². The highest BCUT2D eigenvalue weighted by molar-refractivity contribution is 5.30. The Morgan fingerprint density at radius 3 is 2.53 bits per heavy atom. The number of nitrogens with zero attached hydrogens (tertiary/aromatic N) is 1. The van der Waals surface area contributed by atoms with Crippen LogP contribution in [0.2, 0.25) is 0 Å². The smallest absolute Gasteiger partial charge is 0.379 e. The minimum Gasteiger partial charge on any atom is -0.379 e. The molecule has 0 radical (unpaired) electrons. The van der Waals surface area contributed by atoms with Gasteiger partial charge >= 0.3 is 6.18 Å². The first-order chi connectivity index (χ1) is 8.95. The van der Waals surface area contributed by atoms with Crippen molar-refractivity contribution in [1.29, 1.82) is 0 Å². The van der Waals surface area contributed by atoms with Crippen LogP contribution in [-0.4, -0.2) is 24.7 Å². The first kappa shape index (κ1) is 15.9. The van der Waals surface area contributed by atoms with Crippen LogP contribution < -0.4 is 5.32 Å².